The number of nitrogens with zero attached hydrogens (tertiary/aromatic N) is 6. The van der Waals surface area contributed by atoms with Gasteiger partial charge in [0.25, 0.3) is 0 Å². The van der Waals surface area contributed by atoms with E-state index in [1.807, 2.05) is 40.1 Å². The van der Waals surface area contributed by atoms with Gasteiger partial charge < -0.3 is 4.74 Å². The Morgan fingerprint density at radius 3 is 2.71 bits per heavy atom. The molecule has 9 heteroatoms. The molecule has 4 aromatic rings. The van der Waals surface area contributed by atoms with Crippen molar-refractivity contribution in [2.24, 2.45) is 7.05 Å². The van der Waals surface area contributed by atoms with Gasteiger partial charge in [-0.05, 0) is 31.5 Å². The molecule has 0 saturated heterocycles. The molecule has 4 aromatic heterocycles. The first-order valence-electron chi connectivity index (χ1n) is 10.1. The van der Waals surface area contributed by atoms with Crippen molar-refractivity contribution in [2.45, 2.75) is 39.5 Å². The molecule has 0 fully saturated rings. The van der Waals surface area contributed by atoms with Crippen molar-refractivity contribution in [3.63, 3.8) is 0 Å². The molecule has 0 aromatic carbocycles. The highest BCUT2D eigenvalue weighted by molar-refractivity contribution is 5.58. The Bertz CT molecular complexity index is 1280. The number of ether oxygens (including phenoxy) is 1. The molecule has 4 heterocycles. The van der Waals surface area contributed by atoms with Crippen LogP contribution in [0, 0.1) is 6.92 Å². The number of nitrogens with one attached hydrogen (secondary N) is 1. The summed E-state index contributed by atoms with van der Waals surface area (Å²) >= 11 is 0. The van der Waals surface area contributed by atoms with Crippen LogP contribution in [0.2, 0.25) is 0 Å². The molecule has 0 amide bonds. The Labute approximate surface area is 179 Å². The van der Waals surface area contributed by atoms with E-state index in [9.17, 15) is 4.79 Å². The van der Waals surface area contributed by atoms with Gasteiger partial charge in [0.2, 0.25) is 0 Å². The Hall–Kier alpha value is -3.75. The maximum absolute atomic E-state index is 12.4. The minimum absolute atomic E-state index is 0.226. The van der Waals surface area contributed by atoms with E-state index < -0.39 is 0 Å². The van der Waals surface area contributed by atoms with Crippen LogP contribution < -0.4 is 10.4 Å². The molecule has 160 valence electrons. The van der Waals surface area contributed by atoms with E-state index >= 15 is 0 Å². The zero-order chi connectivity index (χ0) is 22.2. The Kier molecular flexibility index (Phi) is 5.18. The van der Waals surface area contributed by atoms with E-state index in [4.69, 9.17) is 4.74 Å². The molecular formula is C22H25N7O2. The third-order valence-corrected chi connectivity index (χ3v) is 5.34. The molecule has 0 saturated carbocycles. The largest absolute Gasteiger partial charge is 0.455 e. The molecule has 0 bridgehead atoms. The fourth-order valence-corrected chi connectivity index (χ4v) is 3.03. The lowest BCUT2D eigenvalue weighted by Crippen LogP contribution is -2.18. The molecule has 0 aliphatic heterocycles. The number of aromatic amines is 1. The van der Waals surface area contributed by atoms with Crippen LogP contribution in [0.5, 0.6) is 11.5 Å². The second-order valence-corrected chi connectivity index (χ2v) is 8.06. The van der Waals surface area contributed by atoms with E-state index in [1.54, 1.807) is 35.3 Å². The van der Waals surface area contributed by atoms with Gasteiger partial charge in [-0.2, -0.15) is 9.78 Å². The summed E-state index contributed by atoms with van der Waals surface area (Å²) in [6, 6.07) is 7.14. The van der Waals surface area contributed by atoms with E-state index in [1.165, 1.54) is 4.68 Å². The molecule has 0 spiro atoms. The number of rotatable bonds is 6. The summed E-state index contributed by atoms with van der Waals surface area (Å²) in [7, 11) is 1.86. The van der Waals surface area contributed by atoms with Crippen molar-refractivity contribution in [1.29, 1.82) is 0 Å². The lowest BCUT2D eigenvalue weighted by molar-refractivity contribution is 0.470. The van der Waals surface area contributed by atoms with Crippen molar-refractivity contribution in [3.8, 4) is 28.6 Å². The van der Waals surface area contributed by atoms with E-state index in [-0.39, 0.29) is 11.1 Å². The molecular weight excluding hydrogens is 394 g/mol. The summed E-state index contributed by atoms with van der Waals surface area (Å²) in [5.74, 6) is 2.30. The zero-order valence-corrected chi connectivity index (χ0v) is 18.2. The first-order chi connectivity index (χ1) is 14.8. The second kappa shape index (κ2) is 7.82. The normalized spacial score (nSPS) is 11.6. The predicted octanol–water partition coefficient (Wildman–Crippen LogP) is 3.54. The highest BCUT2D eigenvalue weighted by Gasteiger charge is 2.24. The van der Waals surface area contributed by atoms with Crippen LogP contribution in [0.15, 0.2) is 47.7 Å². The smallest absolute Gasteiger partial charge is 0.349 e. The van der Waals surface area contributed by atoms with Crippen LogP contribution in [0.25, 0.3) is 17.1 Å². The summed E-state index contributed by atoms with van der Waals surface area (Å²) in [5.41, 5.74) is 1.77. The maximum Gasteiger partial charge on any atom is 0.349 e. The van der Waals surface area contributed by atoms with Gasteiger partial charge in [0.05, 0.1) is 17.6 Å². The van der Waals surface area contributed by atoms with E-state index in [0.717, 1.165) is 17.7 Å². The van der Waals surface area contributed by atoms with Gasteiger partial charge in [0.15, 0.2) is 5.82 Å². The summed E-state index contributed by atoms with van der Waals surface area (Å²) in [6.45, 7) is 7.97. The fourth-order valence-electron chi connectivity index (χ4n) is 3.03. The van der Waals surface area contributed by atoms with Crippen LogP contribution in [0.3, 0.4) is 0 Å². The maximum atomic E-state index is 12.4. The first-order valence-corrected chi connectivity index (χ1v) is 10.1. The Balaban J connectivity index is 1.60. The highest BCUT2D eigenvalue weighted by Crippen LogP contribution is 2.28. The van der Waals surface area contributed by atoms with Gasteiger partial charge in [-0.3, -0.25) is 14.6 Å². The predicted molar refractivity (Wildman–Crippen MR) is 117 cm³/mol. The van der Waals surface area contributed by atoms with Crippen LogP contribution in [-0.4, -0.2) is 34.5 Å². The van der Waals surface area contributed by atoms with Gasteiger partial charge in [-0.15, -0.1) is 5.10 Å². The van der Waals surface area contributed by atoms with Gasteiger partial charge in [-0.25, -0.2) is 9.78 Å². The Morgan fingerprint density at radius 2 is 2.03 bits per heavy atom. The summed E-state index contributed by atoms with van der Waals surface area (Å²) in [6.07, 6.45) is 6.19. The lowest BCUT2D eigenvalue weighted by atomic mass is 9.90. The second-order valence-electron chi connectivity index (χ2n) is 8.06. The van der Waals surface area contributed by atoms with Crippen LogP contribution in [0.1, 0.15) is 38.7 Å². The minimum atomic E-state index is -0.313. The van der Waals surface area contributed by atoms with Crippen LogP contribution in [0.4, 0.5) is 0 Å². The molecule has 0 atom stereocenters. The molecule has 0 aliphatic rings. The standard InChI is InChI=1S/C22H25N7O2/c1-6-22(3,4)20-26-21(30)29(27-20)19-8-7-18(14(2)25-19)31-16-9-10-23-17(11-16)15-12-24-28(5)13-15/h7-13H,6H2,1-5H3,(H,26,27,30). The number of H-pyrrole nitrogens is 1. The zero-order valence-electron chi connectivity index (χ0n) is 18.2. The molecule has 1 N–H and O–H groups in total. The lowest BCUT2D eigenvalue weighted by Gasteiger charge is -2.18. The van der Waals surface area contributed by atoms with E-state index in [2.05, 4.69) is 32.1 Å². The SMILES string of the molecule is CCC(C)(C)c1nn(-c2ccc(Oc3ccnc(-c4cnn(C)c4)c3)c(C)n2)c(=O)[nH]1. The Morgan fingerprint density at radius 1 is 1.23 bits per heavy atom. The third kappa shape index (κ3) is 4.11. The molecule has 4 rings (SSSR count). The van der Waals surface area contributed by atoms with Gasteiger partial charge in [0, 0.05) is 36.5 Å². The average Bonchev–Trinajstić information content (AvgIpc) is 3.36. The first kappa shape index (κ1) is 20.5. The number of aryl methyl sites for hydroxylation is 2. The fraction of sp³-hybridized carbons (Fsp3) is 0.318. The molecule has 0 radical (unpaired) electrons. The number of pyridine rings is 2. The molecule has 0 aliphatic carbocycles. The number of aromatic nitrogens is 7. The highest BCUT2D eigenvalue weighted by atomic mass is 16.5. The van der Waals surface area contributed by atoms with Crippen LogP contribution in [-0.2, 0) is 12.5 Å². The summed E-state index contributed by atoms with van der Waals surface area (Å²) < 4.78 is 9.04. The summed E-state index contributed by atoms with van der Waals surface area (Å²) in [4.78, 5) is 24.2. The topological polar surface area (TPSA) is 104 Å². The van der Waals surface area contributed by atoms with Crippen molar-refractivity contribution >= 4 is 0 Å². The van der Waals surface area contributed by atoms with Gasteiger partial charge in [-0.1, -0.05) is 20.8 Å². The summed E-state index contributed by atoms with van der Waals surface area (Å²) in [5, 5.41) is 8.63. The average molecular weight is 419 g/mol. The van der Waals surface area contributed by atoms with Crippen LogP contribution >= 0.6 is 0 Å². The van der Waals surface area contributed by atoms with Gasteiger partial charge >= 0.3 is 5.69 Å². The number of hydrogen-bond acceptors (Lipinski definition) is 6. The van der Waals surface area contributed by atoms with Crippen molar-refractivity contribution in [2.75, 3.05) is 0 Å². The quantitative estimate of drug-likeness (QED) is 0.513. The van der Waals surface area contributed by atoms with Crippen molar-refractivity contribution < 1.29 is 4.74 Å². The monoisotopic (exact) mass is 419 g/mol. The van der Waals surface area contributed by atoms with Crippen molar-refractivity contribution in [3.05, 3.63) is 64.9 Å². The van der Waals surface area contributed by atoms with Gasteiger partial charge in [0.1, 0.15) is 17.3 Å². The molecule has 31 heavy (non-hydrogen) atoms. The van der Waals surface area contributed by atoms with Crippen molar-refractivity contribution in [1.82, 2.24) is 34.5 Å². The molecule has 9 nitrogen and oxygen atoms in total. The third-order valence-electron chi connectivity index (χ3n) is 5.34. The molecule has 0 unspecified atom stereocenters. The number of hydrogen-bond donors (Lipinski definition) is 1. The minimum Gasteiger partial charge on any atom is -0.455 e. The van der Waals surface area contributed by atoms with E-state index in [0.29, 0.717) is 28.8 Å².